The smallest absolute Gasteiger partial charge is 0.0890 e. The number of aromatic nitrogens is 2. The second kappa shape index (κ2) is 5.99. The van der Waals surface area contributed by atoms with Crippen LogP contribution in [0.4, 0.5) is 0 Å². The molecule has 0 atom stereocenters. The summed E-state index contributed by atoms with van der Waals surface area (Å²) in [5.41, 5.74) is 3.85. The molecule has 0 aliphatic heterocycles. The van der Waals surface area contributed by atoms with Gasteiger partial charge in [-0.3, -0.25) is 4.98 Å². The molecular weight excluding hydrogens is 270 g/mol. The Bertz CT molecular complexity index is 727. The Kier molecular flexibility index (Phi) is 3.90. The van der Waals surface area contributed by atoms with Crippen molar-refractivity contribution < 1.29 is 0 Å². The minimum Gasteiger partial charge on any atom is -0.307 e. The van der Waals surface area contributed by atoms with Gasteiger partial charge >= 0.3 is 0 Å². The molecule has 3 aromatic rings. The third-order valence-electron chi connectivity index (χ3n) is 3.08. The van der Waals surface area contributed by atoms with Gasteiger partial charge in [0, 0.05) is 18.1 Å². The summed E-state index contributed by atoms with van der Waals surface area (Å²) in [7, 11) is 0. The van der Waals surface area contributed by atoms with E-state index in [0.717, 1.165) is 27.3 Å². The van der Waals surface area contributed by atoms with Crippen LogP contribution in [0.1, 0.15) is 11.3 Å². The summed E-state index contributed by atoms with van der Waals surface area (Å²) < 4.78 is 0. The van der Waals surface area contributed by atoms with Gasteiger partial charge < -0.3 is 5.32 Å². The van der Waals surface area contributed by atoms with E-state index in [0.29, 0.717) is 13.1 Å². The Morgan fingerprint density at radius 1 is 0.900 bits per heavy atom. The van der Waals surface area contributed by atoms with E-state index in [4.69, 9.17) is 11.6 Å². The molecule has 0 aliphatic carbocycles. The lowest BCUT2D eigenvalue weighted by molar-refractivity contribution is 0.679. The van der Waals surface area contributed by atoms with E-state index in [-0.39, 0.29) is 0 Å². The first-order valence-corrected chi connectivity index (χ1v) is 6.85. The van der Waals surface area contributed by atoms with Crippen LogP contribution >= 0.6 is 11.6 Å². The number of para-hydroxylation sites is 2. The van der Waals surface area contributed by atoms with Gasteiger partial charge in [0.25, 0.3) is 0 Å². The summed E-state index contributed by atoms with van der Waals surface area (Å²) in [6, 6.07) is 15.7. The lowest BCUT2D eigenvalue weighted by Gasteiger charge is -2.06. The first kappa shape index (κ1) is 13.0. The van der Waals surface area contributed by atoms with Gasteiger partial charge in [-0.2, -0.15) is 0 Å². The van der Waals surface area contributed by atoms with Crippen LogP contribution in [0.2, 0.25) is 5.02 Å². The quantitative estimate of drug-likeness (QED) is 0.795. The molecule has 3 nitrogen and oxygen atoms in total. The Morgan fingerprint density at radius 2 is 1.65 bits per heavy atom. The number of benzene rings is 2. The highest BCUT2D eigenvalue weighted by Gasteiger charge is 2.01. The predicted octanol–water partition coefficient (Wildman–Crippen LogP) is 3.57. The number of fused-ring (bicyclic) bond motifs is 1. The fourth-order valence-electron chi connectivity index (χ4n) is 2.05. The van der Waals surface area contributed by atoms with Crippen molar-refractivity contribution in [3.63, 3.8) is 0 Å². The number of hydrogen-bond acceptors (Lipinski definition) is 3. The summed E-state index contributed by atoms with van der Waals surface area (Å²) in [5, 5.41) is 4.12. The highest BCUT2D eigenvalue weighted by molar-refractivity contribution is 6.31. The predicted molar refractivity (Wildman–Crippen MR) is 81.5 cm³/mol. The van der Waals surface area contributed by atoms with Gasteiger partial charge in [0.1, 0.15) is 0 Å². The normalized spacial score (nSPS) is 10.8. The molecule has 4 heteroatoms. The molecule has 0 spiro atoms. The molecular formula is C16H14ClN3. The fraction of sp³-hybridized carbons (Fsp3) is 0.125. The van der Waals surface area contributed by atoms with Gasteiger partial charge in [-0.15, -0.1) is 0 Å². The summed E-state index contributed by atoms with van der Waals surface area (Å²) in [4.78, 5) is 8.97. The van der Waals surface area contributed by atoms with E-state index in [9.17, 15) is 0 Å². The highest BCUT2D eigenvalue weighted by Crippen LogP contribution is 2.14. The third kappa shape index (κ3) is 2.95. The van der Waals surface area contributed by atoms with Crippen LogP contribution in [0.5, 0.6) is 0 Å². The van der Waals surface area contributed by atoms with Crippen LogP contribution < -0.4 is 5.32 Å². The maximum absolute atomic E-state index is 6.12. The van der Waals surface area contributed by atoms with Gasteiger partial charge in [0.2, 0.25) is 0 Å². The van der Waals surface area contributed by atoms with Crippen LogP contribution in [0.15, 0.2) is 54.7 Å². The van der Waals surface area contributed by atoms with E-state index in [1.165, 1.54) is 0 Å². The van der Waals surface area contributed by atoms with Gasteiger partial charge in [-0.1, -0.05) is 41.9 Å². The second-order valence-corrected chi connectivity index (χ2v) is 4.95. The van der Waals surface area contributed by atoms with Gasteiger partial charge in [-0.05, 0) is 23.8 Å². The molecule has 0 saturated carbocycles. The Labute approximate surface area is 122 Å². The lowest BCUT2D eigenvalue weighted by atomic mass is 10.2. The van der Waals surface area contributed by atoms with Crippen LogP contribution in [-0.4, -0.2) is 9.97 Å². The molecule has 0 saturated heterocycles. The van der Waals surface area contributed by atoms with Crippen LogP contribution in [0.3, 0.4) is 0 Å². The standard InChI is InChI=1S/C16H14ClN3/c17-14-6-2-1-5-12(14)9-18-10-13-11-19-15-7-3-4-8-16(15)20-13/h1-8,11,18H,9-10H2. The zero-order chi connectivity index (χ0) is 13.8. The van der Waals surface area contributed by atoms with E-state index < -0.39 is 0 Å². The molecule has 2 aromatic carbocycles. The molecule has 100 valence electrons. The van der Waals surface area contributed by atoms with E-state index in [2.05, 4.69) is 15.3 Å². The minimum absolute atomic E-state index is 0.670. The molecule has 0 unspecified atom stereocenters. The van der Waals surface area contributed by atoms with E-state index >= 15 is 0 Å². The van der Waals surface area contributed by atoms with Crippen LogP contribution in [-0.2, 0) is 13.1 Å². The largest absolute Gasteiger partial charge is 0.307 e. The van der Waals surface area contributed by atoms with E-state index in [1.54, 1.807) is 0 Å². The monoisotopic (exact) mass is 283 g/mol. The maximum atomic E-state index is 6.12. The topological polar surface area (TPSA) is 37.8 Å². The molecule has 0 fully saturated rings. The molecule has 0 aliphatic rings. The summed E-state index contributed by atoms with van der Waals surface area (Å²) >= 11 is 6.12. The maximum Gasteiger partial charge on any atom is 0.0890 e. The average Bonchev–Trinajstić information content (AvgIpc) is 2.49. The molecule has 1 aromatic heterocycles. The Morgan fingerprint density at radius 3 is 2.50 bits per heavy atom. The van der Waals surface area contributed by atoms with Crippen molar-refractivity contribution in [1.29, 1.82) is 0 Å². The Hall–Kier alpha value is -1.97. The number of rotatable bonds is 4. The molecule has 0 radical (unpaired) electrons. The number of nitrogens with zero attached hydrogens (tertiary/aromatic N) is 2. The van der Waals surface area contributed by atoms with Crippen molar-refractivity contribution in [1.82, 2.24) is 15.3 Å². The van der Waals surface area contributed by atoms with Gasteiger partial charge in [0.15, 0.2) is 0 Å². The van der Waals surface area contributed by atoms with Crippen molar-refractivity contribution in [2.75, 3.05) is 0 Å². The summed E-state index contributed by atoms with van der Waals surface area (Å²) in [6.45, 7) is 1.39. The molecule has 0 bridgehead atoms. The first-order valence-electron chi connectivity index (χ1n) is 6.48. The van der Waals surface area contributed by atoms with Crippen molar-refractivity contribution in [2.24, 2.45) is 0 Å². The number of hydrogen-bond donors (Lipinski definition) is 1. The fourth-order valence-corrected chi connectivity index (χ4v) is 2.25. The van der Waals surface area contributed by atoms with E-state index in [1.807, 2.05) is 54.7 Å². The highest BCUT2D eigenvalue weighted by atomic mass is 35.5. The van der Waals surface area contributed by atoms with Crippen molar-refractivity contribution in [3.05, 3.63) is 71.0 Å². The van der Waals surface area contributed by atoms with Gasteiger partial charge in [0.05, 0.1) is 22.9 Å². The zero-order valence-electron chi connectivity index (χ0n) is 10.9. The van der Waals surface area contributed by atoms with Crippen molar-refractivity contribution in [2.45, 2.75) is 13.1 Å². The van der Waals surface area contributed by atoms with Crippen LogP contribution in [0.25, 0.3) is 11.0 Å². The van der Waals surface area contributed by atoms with Crippen molar-refractivity contribution >= 4 is 22.6 Å². The SMILES string of the molecule is Clc1ccccc1CNCc1cnc2ccccc2n1. The second-order valence-electron chi connectivity index (χ2n) is 4.55. The average molecular weight is 284 g/mol. The molecule has 20 heavy (non-hydrogen) atoms. The summed E-state index contributed by atoms with van der Waals surface area (Å²) in [5.74, 6) is 0. The third-order valence-corrected chi connectivity index (χ3v) is 3.45. The number of nitrogens with one attached hydrogen (secondary N) is 1. The Balaban J connectivity index is 1.67. The molecule has 1 heterocycles. The minimum atomic E-state index is 0.670. The molecule has 3 rings (SSSR count). The first-order chi connectivity index (χ1) is 9.83. The van der Waals surface area contributed by atoms with Gasteiger partial charge in [-0.25, -0.2) is 4.98 Å². The summed E-state index contributed by atoms with van der Waals surface area (Å²) in [6.07, 6.45) is 1.81. The molecule has 1 N–H and O–H groups in total. The number of halogens is 1. The van der Waals surface area contributed by atoms with Crippen LogP contribution in [0, 0.1) is 0 Å². The zero-order valence-corrected chi connectivity index (χ0v) is 11.6. The lowest BCUT2D eigenvalue weighted by Crippen LogP contribution is -2.14. The molecule has 0 amide bonds. The van der Waals surface area contributed by atoms with Crippen molar-refractivity contribution in [3.8, 4) is 0 Å².